The molecule has 0 heterocycles. The van der Waals surface area contributed by atoms with Crippen LogP contribution in [0.4, 0.5) is 5.69 Å². The number of unbranched alkanes of at least 4 members (excludes halogenated alkanes) is 8. The Morgan fingerprint density at radius 3 is 1.76 bits per heavy atom. The minimum absolute atomic E-state index is 0.297. The van der Waals surface area contributed by atoms with Crippen LogP contribution in [-0.4, -0.2) is 25.2 Å². The zero-order valence-electron chi connectivity index (χ0n) is 24.5. The summed E-state index contributed by atoms with van der Waals surface area (Å²) < 4.78 is 16.5. The van der Waals surface area contributed by atoms with Crippen LogP contribution in [0, 0.1) is 6.92 Å². The summed E-state index contributed by atoms with van der Waals surface area (Å²) in [5.41, 5.74) is 10.4. The van der Waals surface area contributed by atoms with Crippen LogP contribution in [0.2, 0.25) is 0 Å². The Balaban J connectivity index is 1.18. The number of esters is 2. The minimum Gasteiger partial charge on any atom is -0.494 e. The highest BCUT2D eigenvalue weighted by molar-refractivity contribution is 5.90. The van der Waals surface area contributed by atoms with Crippen LogP contribution in [0.3, 0.4) is 0 Å². The van der Waals surface area contributed by atoms with Gasteiger partial charge in [0.15, 0.2) is 0 Å². The lowest BCUT2D eigenvalue weighted by Gasteiger charge is -2.09. The summed E-state index contributed by atoms with van der Waals surface area (Å²) in [6, 6.07) is 20.8. The summed E-state index contributed by atoms with van der Waals surface area (Å²) in [7, 11) is 0. The van der Waals surface area contributed by atoms with Crippen molar-refractivity contribution in [3.05, 3.63) is 90.0 Å². The standard InChI is InChI=1S/C35H43NO5/c1-26(2)34(37)41-33-19-15-29(16-20-33)28-13-17-32(18-14-28)39-21-11-9-7-5-4-6-8-10-12-22-40-35(38)30-23-27(3)24-31(36)25-30/h13-20,23-25H,1,4-12,21-22,36H2,2-3H3. The molecule has 0 aliphatic rings. The molecule has 0 aliphatic heterocycles. The zero-order chi connectivity index (χ0) is 29.5. The van der Waals surface area contributed by atoms with Crippen molar-refractivity contribution in [1.29, 1.82) is 0 Å². The second kappa shape index (κ2) is 16.9. The summed E-state index contributed by atoms with van der Waals surface area (Å²) in [6.45, 7) is 8.31. The number of carbonyl (C=O) groups excluding carboxylic acids is 2. The van der Waals surface area contributed by atoms with Crippen LogP contribution in [0.15, 0.2) is 78.9 Å². The number of anilines is 1. The Morgan fingerprint density at radius 2 is 1.22 bits per heavy atom. The summed E-state index contributed by atoms with van der Waals surface area (Å²) >= 11 is 0. The number of rotatable bonds is 17. The fraction of sp³-hybridized carbons (Fsp3) is 0.371. The molecule has 0 saturated heterocycles. The highest BCUT2D eigenvalue weighted by Crippen LogP contribution is 2.25. The molecule has 6 heteroatoms. The molecule has 218 valence electrons. The molecular formula is C35H43NO5. The van der Waals surface area contributed by atoms with Gasteiger partial charge < -0.3 is 19.9 Å². The van der Waals surface area contributed by atoms with Crippen molar-refractivity contribution in [3.63, 3.8) is 0 Å². The summed E-state index contributed by atoms with van der Waals surface area (Å²) in [6.07, 6.45) is 10.3. The van der Waals surface area contributed by atoms with Crippen molar-refractivity contribution in [2.45, 2.75) is 71.6 Å². The second-order valence-electron chi connectivity index (χ2n) is 10.5. The molecule has 3 aromatic rings. The first-order chi connectivity index (χ1) is 19.8. The van der Waals surface area contributed by atoms with Crippen LogP contribution in [-0.2, 0) is 9.53 Å². The third kappa shape index (κ3) is 11.5. The van der Waals surface area contributed by atoms with Gasteiger partial charge in [0.1, 0.15) is 11.5 Å². The Bertz CT molecular complexity index is 1240. The van der Waals surface area contributed by atoms with Gasteiger partial charge in [0.05, 0.1) is 18.8 Å². The smallest absolute Gasteiger partial charge is 0.338 e. The molecule has 0 unspecified atom stereocenters. The number of aryl methyl sites for hydroxylation is 1. The van der Waals surface area contributed by atoms with Gasteiger partial charge in [-0.25, -0.2) is 9.59 Å². The second-order valence-corrected chi connectivity index (χ2v) is 10.5. The van der Waals surface area contributed by atoms with Gasteiger partial charge in [-0.2, -0.15) is 0 Å². The van der Waals surface area contributed by atoms with Crippen molar-refractivity contribution in [2.75, 3.05) is 18.9 Å². The van der Waals surface area contributed by atoms with Crippen LogP contribution in [0.25, 0.3) is 11.1 Å². The topological polar surface area (TPSA) is 87.9 Å². The number of carbonyl (C=O) groups is 2. The van der Waals surface area contributed by atoms with Gasteiger partial charge in [0.25, 0.3) is 0 Å². The van der Waals surface area contributed by atoms with Gasteiger partial charge in [0.2, 0.25) is 0 Å². The van der Waals surface area contributed by atoms with Crippen molar-refractivity contribution in [1.82, 2.24) is 0 Å². The molecule has 41 heavy (non-hydrogen) atoms. The van der Waals surface area contributed by atoms with E-state index in [1.54, 1.807) is 31.2 Å². The number of nitrogens with two attached hydrogens (primary N) is 1. The van der Waals surface area contributed by atoms with Crippen LogP contribution in [0.5, 0.6) is 11.5 Å². The Morgan fingerprint density at radius 1 is 0.707 bits per heavy atom. The van der Waals surface area contributed by atoms with Gasteiger partial charge >= 0.3 is 11.9 Å². The zero-order valence-corrected chi connectivity index (χ0v) is 24.5. The predicted molar refractivity (Wildman–Crippen MR) is 165 cm³/mol. The Labute approximate surface area is 244 Å². The van der Waals surface area contributed by atoms with Crippen molar-refractivity contribution >= 4 is 17.6 Å². The lowest BCUT2D eigenvalue weighted by molar-refractivity contribution is -0.130. The molecule has 0 radical (unpaired) electrons. The first-order valence-electron chi connectivity index (χ1n) is 14.6. The van der Waals surface area contributed by atoms with Gasteiger partial charge in [-0.1, -0.05) is 75.8 Å². The monoisotopic (exact) mass is 557 g/mol. The summed E-state index contributed by atoms with van der Waals surface area (Å²) in [5.74, 6) is 0.653. The van der Waals surface area contributed by atoms with E-state index in [-0.39, 0.29) is 5.97 Å². The molecule has 0 fully saturated rings. The van der Waals surface area contributed by atoms with Crippen molar-refractivity contribution in [2.24, 2.45) is 0 Å². The van der Waals surface area contributed by atoms with E-state index in [9.17, 15) is 9.59 Å². The average molecular weight is 558 g/mol. The molecule has 6 nitrogen and oxygen atoms in total. The Hall–Kier alpha value is -4.06. The number of hydrogen-bond acceptors (Lipinski definition) is 6. The fourth-order valence-electron chi connectivity index (χ4n) is 4.46. The summed E-state index contributed by atoms with van der Waals surface area (Å²) in [5, 5.41) is 0. The molecule has 3 aromatic carbocycles. The number of nitrogen functional groups attached to an aromatic ring is 1. The van der Waals surface area contributed by atoms with Crippen LogP contribution >= 0.6 is 0 Å². The van der Waals surface area contributed by atoms with Gasteiger partial charge in [0, 0.05) is 11.3 Å². The lowest BCUT2D eigenvalue weighted by atomic mass is 10.1. The van der Waals surface area contributed by atoms with Gasteiger partial charge in [-0.3, -0.25) is 0 Å². The maximum absolute atomic E-state index is 12.1. The highest BCUT2D eigenvalue weighted by Gasteiger charge is 2.08. The third-order valence-corrected chi connectivity index (χ3v) is 6.73. The van der Waals surface area contributed by atoms with Gasteiger partial charge in [-0.05, 0) is 85.8 Å². The molecule has 0 spiro atoms. The van der Waals surface area contributed by atoms with E-state index >= 15 is 0 Å². The third-order valence-electron chi connectivity index (χ3n) is 6.73. The van der Waals surface area contributed by atoms with E-state index in [1.165, 1.54) is 38.5 Å². The highest BCUT2D eigenvalue weighted by atomic mass is 16.5. The van der Waals surface area contributed by atoms with E-state index in [4.69, 9.17) is 19.9 Å². The fourth-order valence-corrected chi connectivity index (χ4v) is 4.46. The summed E-state index contributed by atoms with van der Waals surface area (Å²) in [4.78, 5) is 23.8. The van der Waals surface area contributed by atoms with Gasteiger partial charge in [-0.15, -0.1) is 0 Å². The van der Waals surface area contributed by atoms with E-state index in [0.29, 0.717) is 29.2 Å². The molecule has 0 saturated carbocycles. The van der Waals surface area contributed by atoms with E-state index in [0.717, 1.165) is 48.3 Å². The molecule has 0 bridgehead atoms. The van der Waals surface area contributed by atoms with Crippen LogP contribution < -0.4 is 15.2 Å². The Kier molecular flexibility index (Phi) is 13.0. The van der Waals surface area contributed by atoms with E-state index in [2.05, 4.69) is 6.58 Å². The molecule has 3 rings (SSSR count). The SMILES string of the molecule is C=C(C)C(=O)Oc1ccc(-c2ccc(OCCCCCCCCCCCOC(=O)c3cc(C)cc(N)c3)cc2)cc1. The van der Waals surface area contributed by atoms with E-state index < -0.39 is 5.97 Å². The largest absolute Gasteiger partial charge is 0.494 e. The lowest BCUT2D eigenvalue weighted by Crippen LogP contribution is -2.07. The van der Waals surface area contributed by atoms with Crippen LogP contribution in [0.1, 0.15) is 80.6 Å². The van der Waals surface area contributed by atoms with Crippen molar-refractivity contribution in [3.8, 4) is 22.6 Å². The normalized spacial score (nSPS) is 10.7. The maximum Gasteiger partial charge on any atom is 0.338 e. The molecule has 0 aromatic heterocycles. The number of benzene rings is 3. The van der Waals surface area contributed by atoms with Crippen molar-refractivity contribution < 1.29 is 23.8 Å². The molecule has 0 amide bonds. The molecule has 2 N–H and O–H groups in total. The molecule has 0 atom stereocenters. The predicted octanol–water partition coefficient (Wildman–Crippen LogP) is 8.47. The average Bonchev–Trinajstić information content (AvgIpc) is 2.95. The molecular weight excluding hydrogens is 514 g/mol. The first kappa shape index (κ1) is 31.5. The minimum atomic E-state index is -0.422. The quantitative estimate of drug-likeness (QED) is 0.0589. The first-order valence-corrected chi connectivity index (χ1v) is 14.6. The maximum atomic E-state index is 12.1. The number of hydrogen-bond donors (Lipinski definition) is 1. The van der Waals surface area contributed by atoms with E-state index in [1.807, 2.05) is 49.4 Å². The number of ether oxygens (including phenoxy) is 3. The molecule has 0 aliphatic carbocycles.